The van der Waals surface area contributed by atoms with Crippen LogP contribution < -0.4 is 4.57 Å². The Morgan fingerprint density at radius 3 is 2.38 bits per heavy atom. The molecule has 2 rings (SSSR count). The lowest BCUT2D eigenvalue weighted by atomic mass is 10.1. The van der Waals surface area contributed by atoms with Crippen LogP contribution >= 0.6 is 0 Å². The normalized spacial score (nSPS) is 10.4. The van der Waals surface area contributed by atoms with E-state index in [1.54, 1.807) is 55.1 Å². The molecule has 0 saturated carbocycles. The maximum Gasteiger partial charge on any atom is 0.344 e. The van der Waals surface area contributed by atoms with Gasteiger partial charge in [0.1, 0.15) is 5.56 Å². The van der Waals surface area contributed by atoms with Crippen LogP contribution in [0.4, 0.5) is 0 Å². The lowest BCUT2D eigenvalue weighted by Gasteiger charge is -2.06. The quantitative estimate of drug-likeness (QED) is 0.481. The molecule has 0 fully saturated rings. The Labute approximate surface area is 124 Å². The highest BCUT2D eigenvalue weighted by atomic mass is 16.5. The SMILES string of the molecule is CC(C)OC(=O)c1ccc[n+](CC(=O)c2ccccc2)c1. The van der Waals surface area contributed by atoms with Gasteiger partial charge in [0.25, 0.3) is 0 Å². The van der Waals surface area contributed by atoms with Gasteiger partial charge in [-0.05, 0) is 19.9 Å². The zero-order valence-corrected chi connectivity index (χ0v) is 12.2. The molecule has 0 amide bonds. The molecular weight excluding hydrogens is 266 g/mol. The average Bonchev–Trinajstić information content (AvgIpc) is 2.47. The standard InChI is InChI=1S/C17H18NO3/c1-13(2)21-17(20)15-9-6-10-18(11-15)12-16(19)14-7-4-3-5-8-14/h3-11,13H,12H2,1-2H3/q+1. The summed E-state index contributed by atoms with van der Waals surface area (Å²) in [6.45, 7) is 3.79. The molecule has 1 aromatic carbocycles. The molecule has 4 heteroatoms. The van der Waals surface area contributed by atoms with E-state index in [2.05, 4.69) is 0 Å². The number of carbonyl (C=O) groups excluding carboxylic acids is 2. The molecule has 0 spiro atoms. The number of benzene rings is 1. The van der Waals surface area contributed by atoms with Gasteiger partial charge in [-0.2, -0.15) is 4.57 Å². The summed E-state index contributed by atoms with van der Waals surface area (Å²) in [5.41, 5.74) is 1.09. The summed E-state index contributed by atoms with van der Waals surface area (Å²) >= 11 is 0. The maximum atomic E-state index is 12.1. The summed E-state index contributed by atoms with van der Waals surface area (Å²) in [4.78, 5) is 24.0. The summed E-state index contributed by atoms with van der Waals surface area (Å²) in [6.07, 6.45) is 3.22. The number of esters is 1. The second kappa shape index (κ2) is 6.79. The first-order valence-corrected chi connectivity index (χ1v) is 6.84. The summed E-state index contributed by atoms with van der Waals surface area (Å²) < 4.78 is 6.83. The van der Waals surface area contributed by atoms with Crippen molar-refractivity contribution < 1.29 is 18.9 Å². The Morgan fingerprint density at radius 1 is 1.05 bits per heavy atom. The van der Waals surface area contributed by atoms with E-state index in [0.717, 1.165) is 0 Å². The fourth-order valence-electron chi connectivity index (χ4n) is 1.90. The number of Topliss-reactive ketones (excluding diaryl/α,β-unsaturated/α-hetero) is 1. The van der Waals surface area contributed by atoms with Crippen LogP contribution in [0.1, 0.15) is 34.6 Å². The minimum atomic E-state index is -0.383. The molecule has 108 valence electrons. The third-order valence-electron chi connectivity index (χ3n) is 2.86. The summed E-state index contributed by atoms with van der Waals surface area (Å²) in [5.74, 6) is -0.388. The van der Waals surface area contributed by atoms with Gasteiger partial charge in [-0.1, -0.05) is 30.3 Å². The number of hydrogen-bond acceptors (Lipinski definition) is 3. The van der Waals surface area contributed by atoms with E-state index in [-0.39, 0.29) is 24.4 Å². The molecule has 0 unspecified atom stereocenters. The second-order valence-electron chi connectivity index (χ2n) is 5.01. The molecule has 4 nitrogen and oxygen atoms in total. The minimum absolute atomic E-state index is 0.00465. The van der Waals surface area contributed by atoms with Crippen molar-refractivity contribution in [1.29, 1.82) is 0 Å². The van der Waals surface area contributed by atoms with E-state index < -0.39 is 0 Å². The smallest absolute Gasteiger partial charge is 0.344 e. The number of carbonyl (C=O) groups is 2. The highest BCUT2D eigenvalue weighted by Crippen LogP contribution is 2.03. The molecule has 0 N–H and O–H groups in total. The van der Waals surface area contributed by atoms with Crippen molar-refractivity contribution >= 4 is 11.8 Å². The number of ether oxygens (including phenoxy) is 1. The van der Waals surface area contributed by atoms with Crippen LogP contribution in [0.25, 0.3) is 0 Å². The first-order chi connectivity index (χ1) is 10.1. The highest BCUT2D eigenvalue weighted by Gasteiger charge is 2.16. The van der Waals surface area contributed by atoms with Crippen LogP contribution in [0.2, 0.25) is 0 Å². The van der Waals surface area contributed by atoms with Gasteiger partial charge >= 0.3 is 5.97 Å². The topological polar surface area (TPSA) is 47.2 Å². The molecule has 21 heavy (non-hydrogen) atoms. The predicted octanol–water partition coefficient (Wildman–Crippen LogP) is 2.42. The molecule has 0 aliphatic heterocycles. The van der Waals surface area contributed by atoms with Crippen molar-refractivity contribution in [2.45, 2.75) is 26.5 Å². The molecule has 2 aromatic rings. The van der Waals surface area contributed by atoms with Gasteiger partial charge in [0.2, 0.25) is 12.3 Å². The number of hydrogen-bond donors (Lipinski definition) is 0. The van der Waals surface area contributed by atoms with E-state index in [1.165, 1.54) is 0 Å². The first kappa shape index (κ1) is 14.9. The van der Waals surface area contributed by atoms with E-state index in [4.69, 9.17) is 4.74 Å². The largest absolute Gasteiger partial charge is 0.459 e. The van der Waals surface area contributed by atoms with Crippen molar-refractivity contribution in [3.05, 3.63) is 66.0 Å². The Balaban J connectivity index is 2.11. The number of aromatic nitrogens is 1. The number of pyridine rings is 1. The van der Waals surface area contributed by atoms with E-state index in [0.29, 0.717) is 11.1 Å². The Morgan fingerprint density at radius 2 is 1.71 bits per heavy atom. The molecule has 0 radical (unpaired) electrons. The Kier molecular flexibility index (Phi) is 4.82. The van der Waals surface area contributed by atoms with Crippen molar-refractivity contribution in [3.63, 3.8) is 0 Å². The number of nitrogens with zero attached hydrogens (tertiary/aromatic N) is 1. The monoisotopic (exact) mass is 284 g/mol. The molecule has 0 atom stereocenters. The average molecular weight is 284 g/mol. The molecular formula is C17H18NO3+. The van der Waals surface area contributed by atoms with Gasteiger partial charge in [-0.25, -0.2) is 4.79 Å². The summed E-state index contributed by atoms with van der Waals surface area (Å²) in [5, 5.41) is 0. The van der Waals surface area contributed by atoms with Crippen LogP contribution in [0.5, 0.6) is 0 Å². The Hall–Kier alpha value is -2.49. The van der Waals surface area contributed by atoms with E-state index >= 15 is 0 Å². The zero-order valence-electron chi connectivity index (χ0n) is 12.2. The molecule has 1 heterocycles. The fraction of sp³-hybridized carbons (Fsp3) is 0.235. The van der Waals surface area contributed by atoms with Gasteiger partial charge in [-0.3, -0.25) is 4.79 Å². The predicted molar refractivity (Wildman–Crippen MR) is 78.0 cm³/mol. The lowest BCUT2D eigenvalue weighted by molar-refractivity contribution is -0.683. The van der Waals surface area contributed by atoms with Crippen LogP contribution in [0.15, 0.2) is 54.9 Å². The van der Waals surface area contributed by atoms with Gasteiger partial charge in [0.15, 0.2) is 12.4 Å². The van der Waals surface area contributed by atoms with Crippen LogP contribution in [-0.2, 0) is 11.3 Å². The van der Waals surface area contributed by atoms with Crippen LogP contribution in [-0.4, -0.2) is 17.9 Å². The zero-order chi connectivity index (χ0) is 15.2. The van der Waals surface area contributed by atoms with Crippen molar-refractivity contribution in [1.82, 2.24) is 0 Å². The Bertz CT molecular complexity index is 635. The second-order valence-corrected chi connectivity index (χ2v) is 5.01. The third kappa shape index (κ3) is 4.24. The fourth-order valence-corrected chi connectivity index (χ4v) is 1.90. The first-order valence-electron chi connectivity index (χ1n) is 6.84. The summed E-state index contributed by atoms with van der Waals surface area (Å²) in [7, 11) is 0. The van der Waals surface area contributed by atoms with Crippen molar-refractivity contribution in [2.24, 2.45) is 0 Å². The van der Waals surface area contributed by atoms with Gasteiger partial charge in [-0.15, -0.1) is 0 Å². The van der Waals surface area contributed by atoms with Gasteiger partial charge < -0.3 is 4.74 Å². The van der Waals surface area contributed by atoms with Crippen LogP contribution in [0, 0.1) is 0 Å². The van der Waals surface area contributed by atoms with Gasteiger partial charge in [0, 0.05) is 11.6 Å². The molecule has 0 saturated heterocycles. The van der Waals surface area contributed by atoms with Crippen molar-refractivity contribution in [3.8, 4) is 0 Å². The molecule has 0 aliphatic rings. The van der Waals surface area contributed by atoms with Gasteiger partial charge in [0.05, 0.1) is 6.10 Å². The maximum absolute atomic E-state index is 12.1. The molecule has 1 aromatic heterocycles. The number of rotatable bonds is 5. The van der Waals surface area contributed by atoms with E-state index in [1.807, 2.05) is 18.2 Å². The van der Waals surface area contributed by atoms with E-state index in [9.17, 15) is 9.59 Å². The molecule has 0 aliphatic carbocycles. The minimum Gasteiger partial charge on any atom is -0.459 e. The summed E-state index contributed by atoms with van der Waals surface area (Å²) in [6, 6.07) is 12.5. The number of ketones is 1. The third-order valence-corrected chi connectivity index (χ3v) is 2.86. The van der Waals surface area contributed by atoms with Crippen molar-refractivity contribution in [2.75, 3.05) is 0 Å². The lowest BCUT2D eigenvalue weighted by Crippen LogP contribution is -2.38. The highest BCUT2D eigenvalue weighted by molar-refractivity contribution is 5.95. The van der Waals surface area contributed by atoms with Crippen LogP contribution in [0.3, 0.4) is 0 Å². The molecule has 0 bridgehead atoms.